The van der Waals surface area contributed by atoms with Crippen LogP contribution in [0.4, 0.5) is 0 Å². The summed E-state index contributed by atoms with van der Waals surface area (Å²) >= 11 is 0. The largest absolute Gasteiger partial charge is 0.494 e. The lowest BCUT2D eigenvalue weighted by atomic mass is 9.66. The highest BCUT2D eigenvalue weighted by Gasteiger charge is 2.54. The molecule has 0 bridgehead atoms. The summed E-state index contributed by atoms with van der Waals surface area (Å²) in [7, 11) is 5.31. The third-order valence-electron chi connectivity index (χ3n) is 18.4. The quantitative estimate of drug-likeness (QED) is 0.0310. The predicted octanol–water partition coefficient (Wildman–Crippen LogP) is 7.35. The summed E-state index contributed by atoms with van der Waals surface area (Å²) in [5.41, 5.74) is 4.84. The van der Waals surface area contributed by atoms with Gasteiger partial charge in [0.25, 0.3) is 0 Å². The number of methoxy groups -OCH3 is 4. The van der Waals surface area contributed by atoms with Gasteiger partial charge >= 0.3 is 14.2 Å². The van der Waals surface area contributed by atoms with Crippen LogP contribution in [0.2, 0.25) is 0 Å². The Hall–Kier alpha value is -4.63. The Bertz CT molecular complexity index is 2840. The fraction of sp³-hybridized carbons (Fsp3) is 0.688. The first-order valence-corrected chi connectivity index (χ1v) is 36.7. The molecule has 4 aromatic rings. The summed E-state index contributed by atoms with van der Waals surface area (Å²) < 4.78 is 148. The molecule has 2 aliphatic heterocycles. The molecule has 4 aromatic carbocycles. The SMILES string of the molecule is COCCOCCOCCOCCOCCOCCOCCOCCOCCOCCOCCOc1cc(CC2(Cc3cc(OCCOCCOC)cc(OCCOCCOC)c3)c3cc(B4OC(C)(C)C(C)(C)O4)ccc3-c3ccc(B4OC(C)(C)C(C)(C)O4)cc32)cc(OCCOCCOC)c1. The van der Waals surface area contributed by atoms with E-state index >= 15 is 0 Å². The molecule has 25 nitrogen and oxygen atoms in total. The third kappa shape index (κ3) is 29.1. The van der Waals surface area contributed by atoms with Gasteiger partial charge in [-0.15, -0.1) is 0 Å². The average molecular weight is 1470 g/mol. The molecule has 0 N–H and O–H groups in total. The van der Waals surface area contributed by atoms with Gasteiger partial charge in [-0.25, -0.2) is 0 Å². The molecule has 584 valence electrons. The van der Waals surface area contributed by atoms with E-state index in [1.807, 2.05) is 12.1 Å². The van der Waals surface area contributed by atoms with Gasteiger partial charge in [-0.2, -0.15) is 0 Å². The van der Waals surface area contributed by atoms with Crippen molar-refractivity contribution in [1.29, 1.82) is 0 Å². The Morgan fingerprint density at radius 3 is 0.663 bits per heavy atom. The van der Waals surface area contributed by atoms with Crippen molar-refractivity contribution in [1.82, 2.24) is 0 Å². The Labute approximate surface area is 619 Å². The van der Waals surface area contributed by atoms with E-state index in [0.717, 1.165) is 44.3 Å². The Morgan fingerprint density at radius 2 is 0.452 bits per heavy atom. The molecule has 0 unspecified atom stereocenters. The number of rotatable bonds is 61. The summed E-state index contributed by atoms with van der Waals surface area (Å²) in [6, 6.07) is 25.5. The molecule has 2 heterocycles. The van der Waals surface area contributed by atoms with Crippen LogP contribution in [0.3, 0.4) is 0 Å². The third-order valence-corrected chi connectivity index (χ3v) is 18.4. The molecule has 0 amide bonds. The second-order valence-electron chi connectivity index (χ2n) is 27.2. The van der Waals surface area contributed by atoms with Crippen LogP contribution in [0.1, 0.15) is 77.6 Å². The monoisotopic (exact) mass is 1470 g/mol. The van der Waals surface area contributed by atoms with Crippen LogP contribution in [0.5, 0.6) is 23.0 Å². The van der Waals surface area contributed by atoms with Gasteiger partial charge in [0.1, 0.15) is 49.4 Å². The first-order valence-electron chi connectivity index (χ1n) is 36.7. The van der Waals surface area contributed by atoms with E-state index in [2.05, 4.69) is 116 Å². The van der Waals surface area contributed by atoms with Crippen molar-refractivity contribution in [2.75, 3.05) is 253 Å². The molecule has 104 heavy (non-hydrogen) atoms. The maximum absolute atomic E-state index is 6.81. The van der Waals surface area contributed by atoms with E-state index in [-0.39, 0.29) is 6.61 Å². The smallest absolute Gasteiger partial charge is 0.491 e. The number of ether oxygens (including phenoxy) is 21. The van der Waals surface area contributed by atoms with Crippen molar-refractivity contribution >= 4 is 25.2 Å². The van der Waals surface area contributed by atoms with Gasteiger partial charge in [0.15, 0.2) is 0 Å². The summed E-state index contributed by atoms with van der Waals surface area (Å²) in [6.07, 6.45) is 0.933. The minimum atomic E-state index is -0.825. The molecule has 2 fully saturated rings. The first kappa shape index (κ1) is 86.6. The molecule has 0 radical (unpaired) electrons. The van der Waals surface area contributed by atoms with Gasteiger partial charge in [-0.05, 0) is 137 Å². The first-order chi connectivity index (χ1) is 50.4. The van der Waals surface area contributed by atoms with Crippen molar-refractivity contribution < 1.29 is 118 Å². The van der Waals surface area contributed by atoms with E-state index in [0.29, 0.717) is 254 Å². The lowest BCUT2D eigenvalue weighted by Gasteiger charge is -2.34. The highest BCUT2D eigenvalue weighted by atomic mass is 16.7. The van der Waals surface area contributed by atoms with Gasteiger partial charge in [-0.3, -0.25) is 0 Å². The number of hydrogen-bond donors (Lipinski definition) is 0. The number of benzene rings is 4. The van der Waals surface area contributed by atoms with Gasteiger partial charge in [-0.1, -0.05) is 36.4 Å². The molecule has 1 aliphatic carbocycles. The van der Waals surface area contributed by atoms with E-state index in [1.54, 1.807) is 28.4 Å². The maximum Gasteiger partial charge on any atom is 0.494 e. The highest BCUT2D eigenvalue weighted by molar-refractivity contribution is 6.62. The van der Waals surface area contributed by atoms with Gasteiger partial charge < -0.3 is 118 Å². The average Bonchev–Trinajstić information content (AvgIpc) is 1.55. The zero-order chi connectivity index (χ0) is 74.2. The van der Waals surface area contributed by atoms with E-state index in [9.17, 15) is 0 Å². The Kier molecular flexibility index (Phi) is 39.4. The van der Waals surface area contributed by atoms with E-state index < -0.39 is 42.1 Å². The highest BCUT2D eigenvalue weighted by Crippen LogP contribution is 2.53. The van der Waals surface area contributed by atoms with Crippen LogP contribution in [0.15, 0.2) is 72.8 Å². The predicted molar refractivity (Wildman–Crippen MR) is 395 cm³/mol. The van der Waals surface area contributed by atoms with Crippen molar-refractivity contribution in [3.8, 4) is 34.1 Å². The van der Waals surface area contributed by atoms with Crippen LogP contribution in [0, 0.1) is 0 Å². The fourth-order valence-electron chi connectivity index (χ4n) is 11.6. The van der Waals surface area contributed by atoms with Gasteiger partial charge in [0.2, 0.25) is 0 Å². The molecule has 3 aliphatic rings. The van der Waals surface area contributed by atoms with Crippen LogP contribution in [-0.4, -0.2) is 290 Å². The van der Waals surface area contributed by atoms with E-state index in [4.69, 9.17) is 118 Å². The minimum Gasteiger partial charge on any atom is -0.491 e. The van der Waals surface area contributed by atoms with Crippen molar-refractivity contribution in [2.45, 2.75) is 96.1 Å². The van der Waals surface area contributed by atoms with Crippen LogP contribution >= 0.6 is 0 Å². The van der Waals surface area contributed by atoms with Crippen molar-refractivity contribution in [3.63, 3.8) is 0 Å². The summed E-state index contributed by atoms with van der Waals surface area (Å²) in [5.74, 6) is 2.48. The second kappa shape index (κ2) is 47.3. The minimum absolute atomic E-state index is 0.264. The normalized spacial score (nSPS) is 16.0. The molecule has 2 saturated heterocycles. The summed E-state index contributed by atoms with van der Waals surface area (Å²) in [4.78, 5) is 0. The molecule has 0 spiro atoms. The zero-order valence-electron chi connectivity index (χ0n) is 64.2. The molecular formula is C77H120B2O25. The van der Waals surface area contributed by atoms with Crippen LogP contribution < -0.4 is 29.9 Å². The fourth-order valence-corrected chi connectivity index (χ4v) is 11.6. The van der Waals surface area contributed by atoms with Crippen molar-refractivity contribution in [3.05, 3.63) is 95.1 Å². The Morgan fingerprint density at radius 1 is 0.250 bits per heavy atom. The summed E-state index contributed by atoms with van der Waals surface area (Å²) in [5, 5.41) is 0. The molecule has 0 atom stereocenters. The number of fused-ring (bicyclic) bond motifs is 3. The second-order valence-corrected chi connectivity index (χ2v) is 27.2. The maximum atomic E-state index is 6.81. The molecule has 7 rings (SSSR count). The zero-order valence-corrected chi connectivity index (χ0v) is 64.2. The lowest BCUT2D eigenvalue weighted by Crippen LogP contribution is -2.41. The lowest BCUT2D eigenvalue weighted by molar-refractivity contribution is -0.0273. The molecule has 0 aromatic heterocycles. The molecule has 27 heteroatoms. The topological polar surface area (TPSA) is 231 Å². The van der Waals surface area contributed by atoms with Gasteiger partial charge in [0.05, 0.1) is 221 Å². The summed E-state index contributed by atoms with van der Waals surface area (Å²) in [6.45, 7) is 31.4. The Balaban J connectivity index is 0.999. The standard InChI is InChI=1S/C77H120B2O25/c1-73(2)74(3,4)102-78(101-73)63-13-15-69-70-16-14-64(79-103-75(5,6)76(7,8)104-79)56-72(70)77(71(69)55-63,59-61-51-65(97-47-43-85-22-18-81-10)57-66(52-61)98-48-44-86-23-19-82-11)60-62-53-67(99-49-45-87-24-20-83-12)58-68(54-62)100-50-46-96-42-41-95-40-39-94-38-37-93-36-35-92-34-33-91-32-31-90-30-29-89-28-27-88-26-25-84-21-17-80-9/h13-16,51-58H,17-50,59-60H2,1-12H3. The molecular weight excluding hydrogens is 1350 g/mol. The van der Waals surface area contributed by atoms with Crippen LogP contribution in [-0.2, 0) is 117 Å². The van der Waals surface area contributed by atoms with E-state index in [1.165, 1.54) is 0 Å². The number of hydrogen-bond acceptors (Lipinski definition) is 25. The van der Waals surface area contributed by atoms with Crippen LogP contribution in [0.25, 0.3) is 11.1 Å². The van der Waals surface area contributed by atoms with Crippen molar-refractivity contribution in [2.24, 2.45) is 0 Å². The van der Waals surface area contributed by atoms with Gasteiger partial charge in [0, 0.05) is 46.0 Å². The molecule has 0 saturated carbocycles.